The molecule has 0 fully saturated rings. The Hall–Kier alpha value is -3.33. The molecule has 4 rings (SSSR count). The lowest BCUT2D eigenvalue weighted by Crippen LogP contribution is -2.37. The van der Waals surface area contributed by atoms with Gasteiger partial charge in [0.1, 0.15) is 0 Å². The number of aryl methyl sites for hydroxylation is 1. The van der Waals surface area contributed by atoms with Crippen LogP contribution in [0.1, 0.15) is 10.4 Å². The van der Waals surface area contributed by atoms with Crippen molar-refractivity contribution in [3.63, 3.8) is 0 Å². The summed E-state index contributed by atoms with van der Waals surface area (Å²) in [5.41, 5.74) is 0.796. The summed E-state index contributed by atoms with van der Waals surface area (Å²) >= 11 is 1.60. The van der Waals surface area contributed by atoms with Gasteiger partial charge in [0, 0.05) is 19.0 Å². The van der Waals surface area contributed by atoms with Crippen LogP contribution in [0.5, 0.6) is 0 Å². The second-order valence-corrected chi connectivity index (χ2v) is 7.37. The highest BCUT2D eigenvalue weighted by Crippen LogP contribution is 2.21. The van der Waals surface area contributed by atoms with Gasteiger partial charge in [-0.25, -0.2) is 4.79 Å². The highest BCUT2D eigenvalue weighted by Gasteiger charge is 2.19. The standard InChI is InChI=1S/C19H18N6O2S/c1-23-16-15(17(26)24(2)19(23)27)25(12-13-7-4-3-5-8-13)18(21-16)22-20-11-14-9-6-10-28-14/h3-10H,11-12H2,1-2H3. The van der Waals surface area contributed by atoms with Gasteiger partial charge in [-0.1, -0.05) is 36.4 Å². The van der Waals surface area contributed by atoms with Gasteiger partial charge in [-0.15, -0.1) is 16.5 Å². The van der Waals surface area contributed by atoms with Crippen LogP contribution < -0.4 is 11.2 Å². The molecule has 0 N–H and O–H groups in total. The van der Waals surface area contributed by atoms with Crippen molar-refractivity contribution in [2.24, 2.45) is 24.3 Å². The number of thiophene rings is 1. The minimum Gasteiger partial charge on any atom is -0.297 e. The number of nitrogens with zero attached hydrogens (tertiary/aromatic N) is 6. The minimum atomic E-state index is -0.427. The van der Waals surface area contributed by atoms with Crippen LogP contribution in [0.3, 0.4) is 0 Å². The zero-order valence-corrected chi connectivity index (χ0v) is 16.3. The Morgan fingerprint density at radius 2 is 1.82 bits per heavy atom. The van der Waals surface area contributed by atoms with E-state index in [1.165, 1.54) is 11.6 Å². The predicted molar refractivity (Wildman–Crippen MR) is 108 cm³/mol. The van der Waals surface area contributed by atoms with Crippen molar-refractivity contribution in [3.8, 4) is 0 Å². The molecule has 1 aromatic carbocycles. The summed E-state index contributed by atoms with van der Waals surface area (Å²) in [6, 6.07) is 13.7. The molecule has 0 atom stereocenters. The maximum Gasteiger partial charge on any atom is 0.332 e. The fraction of sp³-hybridized carbons (Fsp3) is 0.211. The number of hydrogen-bond acceptors (Lipinski definition) is 6. The van der Waals surface area contributed by atoms with Crippen molar-refractivity contribution in [2.45, 2.75) is 13.1 Å². The van der Waals surface area contributed by atoms with Crippen molar-refractivity contribution < 1.29 is 0 Å². The van der Waals surface area contributed by atoms with E-state index >= 15 is 0 Å². The van der Waals surface area contributed by atoms with E-state index in [1.807, 2.05) is 47.8 Å². The molecule has 8 nitrogen and oxygen atoms in total. The van der Waals surface area contributed by atoms with Crippen molar-refractivity contribution >= 4 is 28.4 Å². The van der Waals surface area contributed by atoms with Gasteiger partial charge in [0.15, 0.2) is 11.2 Å². The molecular formula is C19H18N6O2S. The highest BCUT2D eigenvalue weighted by molar-refractivity contribution is 7.09. The summed E-state index contributed by atoms with van der Waals surface area (Å²) in [6.07, 6.45) is 0. The molecular weight excluding hydrogens is 376 g/mol. The first-order chi connectivity index (χ1) is 13.6. The number of azo groups is 1. The van der Waals surface area contributed by atoms with Gasteiger partial charge >= 0.3 is 5.69 Å². The van der Waals surface area contributed by atoms with Crippen LogP contribution in [0, 0.1) is 0 Å². The summed E-state index contributed by atoms with van der Waals surface area (Å²) in [4.78, 5) is 30.6. The van der Waals surface area contributed by atoms with Crippen LogP contribution in [0.15, 0.2) is 67.7 Å². The van der Waals surface area contributed by atoms with Gasteiger partial charge in [-0.05, 0) is 17.0 Å². The van der Waals surface area contributed by atoms with Gasteiger partial charge in [0.2, 0.25) is 0 Å². The number of benzene rings is 1. The first kappa shape index (κ1) is 18.1. The molecule has 0 saturated heterocycles. The summed E-state index contributed by atoms with van der Waals surface area (Å²) in [5.74, 6) is 0.300. The lowest BCUT2D eigenvalue weighted by molar-refractivity contribution is 0.702. The minimum absolute atomic E-state index is 0.300. The Labute approximate surface area is 164 Å². The molecule has 0 unspecified atom stereocenters. The zero-order valence-electron chi connectivity index (χ0n) is 15.4. The number of rotatable bonds is 5. The SMILES string of the molecule is Cn1c(=O)c2c(nc(N=NCc3cccs3)n2Cc2ccccc2)n(C)c1=O. The molecule has 3 aromatic heterocycles. The third-order valence-electron chi connectivity index (χ3n) is 4.48. The first-order valence-corrected chi connectivity index (χ1v) is 9.54. The third-order valence-corrected chi connectivity index (χ3v) is 5.34. The second kappa shape index (κ2) is 7.35. The number of fused-ring (bicyclic) bond motifs is 1. The van der Waals surface area contributed by atoms with Crippen LogP contribution in [-0.4, -0.2) is 18.7 Å². The topological polar surface area (TPSA) is 86.5 Å². The molecule has 142 valence electrons. The maximum absolute atomic E-state index is 12.8. The Bertz CT molecular complexity index is 1270. The summed E-state index contributed by atoms with van der Waals surface area (Å²) in [5, 5.41) is 10.5. The van der Waals surface area contributed by atoms with Crippen LogP contribution >= 0.6 is 11.3 Å². The fourth-order valence-corrected chi connectivity index (χ4v) is 3.62. The molecule has 0 saturated carbocycles. The van der Waals surface area contributed by atoms with Gasteiger partial charge < -0.3 is 0 Å². The molecule has 0 aliphatic heterocycles. The van der Waals surface area contributed by atoms with Gasteiger partial charge in [-0.3, -0.25) is 18.5 Å². The van der Waals surface area contributed by atoms with E-state index in [1.54, 1.807) is 23.0 Å². The van der Waals surface area contributed by atoms with Gasteiger partial charge in [-0.2, -0.15) is 10.1 Å². The van der Waals surface area contributed by atoms with E-state index in [0.29, 0.717) is 30.2 Å². The maximum atomic E-state index is 12.8. The lowest BCUT2D eigenvalue weighted by Gasteiger charge is -2.07. The Morgan fingerprint density at radius 3 is 2.54 bits per heavy atom. The van der Waals surface area contributed by atoms with Crippen molar-refractivity contribution in [1.29, 1.82) is 0 Å². The van der Waals surface area contributed by atoms with Gasteiger partial charge in [0.05, 0.1) is 13.1 Å². The van der Waals surface area contributed by atoms with E-state index in [9.17, 15) is 9.59 Å². The van der Waals surface area contributed by atoms with Gasteiger partial charge in [0.25, 0.3) is 11.5 Å². The molecule has 0 bridgehead atoms. The molecule has 9 heteroatoms. The molecule has 0 aliphatic carbocycles. The number of hydrogen-bond donors (Lipinski definition) is 0. The molecule has 0 aliphatic rings. The zero-order chi connectivity index (χ0) is 19.7. The Kier molecular flexibility index (Phi) is 4.74. The fourth-order valence-electron chi connectivity index (χ4n) is 3.00. The van der Waals surface area contributed by atoms with Crippen LogP contribution in [-0.2, 0) is 27.2 Å². The average molecular weight is 394 g/mol. The molecule has 4 aromatic rings. The van der Waals surface area contributed by atoms with Crippen LogP contribution in [0.25, 0.3) is 11.2 Å². The predicted octanol–water partition coefficient (Wildman–Crippen LogP) is 2.83. The summed E-state index contributed by atoms with van der Waals surface area (Å²) in [7, 11) is 3.05. The lowest BCUT2D eigenvalue weighted by atomic mass is 10.2. The smallest absolute Gasteiger partial charge is 0.297 e. The molecule has 3 heterocycles. The van der Waals surface area contributed by atoms with E-state index in [2.05, 4.69) is 15.2 Å². The second-order valence-electron chi connectivity index (χ2n) is 6.34. The monoisotopic (exact) mass is 394 g/mol. The Morgan fingerprint density at radius 1 is 1.04 bits per heavy atom. The normalized spacial score (nSPS) is 11.6. The van der Waals surface area contributed by atoms with Crippen LogP contribution in [0.2, 0.25) is 0 Å². The van der Waals surface area contributed by atoms with Crippen molar-refractivity contribution in [3.05, 3.63) is 79.1 Å². The third kappa shape index (κ3) is 3.20. The van der Waals surface area contributed by atoms with E-state index in [4.69, 9.17) is 0 Å². The van der Waals surface area contributed by atoms with Crippen molar-refractivity contribution in [1.82, 2.24) is 18.7 Å². The first-order valence-electron chi connectivity index (χ1n) is 8.66. The van der Waals surface area contributed by atoms with Crippen LogP contribution in [0.4, 0.5) is 5.95 Å². The largest absolute Gasteiger partial charge is 0.332 e. The van der Waals surface area contributed by atoms with E-state index in [-0.39, 0.29) is 0 Å². The number of aromatic nitrogens is 4. The van der Waals surface area contributed by atoms with E-state index in [0.717, 1.165) is 15.0 Å². The summed E-state index contributed by atoms with van der Waals surface area (Å²) in [6.45, 7) is 0.835. The Balaban J connectivity index is 1.87. The molecule has 28 heavy (non-hydrogen) atoms. The quantitative estimate of drug-likeness (QED) is 0.488. The average Bonchev–Trinajstić information content (AvgIpc) is 3.34. The molecule has 0 amide bonds. The van der Waals surface area contributed by atoms with E-state index < -0.39 is 11.2 Å². The molecule has 0 radical (unpaired) electrons. The van der Waals surface area contributed by atoms with Crippen molar-refractivity contribution in [2.75, 3.05) is 0 Å². The molecule has 0 spiro atoms. The highest BCUT2D eigenvalue weighted by atomic mass is 32.1. The summed E-state index contributed by atoms with van der Waals surface area (Å²) < 4.78 is 4.15. The number of imidazole rings is 1.